The predicted octanol–water partition coefficient (Wildman–Crippen LogP) is 2.36. The van der Waals surface area contributed by atoms with Crippen LogP contribution in [0.4, 0.5) is 0 Å². The van der Waals surface area contributed by atoms with Gasteiger partial charge in [-0.15, -0.1) is 11.8 Å². The van der Waals surface area contributed by atoms with E-state index in [1.54, 1.807) is 11.8 Å². The Morgan fingerprint density at radius 2 is 2.33 bits per heavy atom. The van der Waals surface area contributed by atoms with Crippen LogP contribution in [0.2, 0.25) is 0 Å². The number of thioether (sulfide) groups is 1. The number of fused-ring (bicyclic) bond motifs is 1. The lowest BCUT2D eigenvalue weighted by Crippen LogP contribution is -1.93. The zero-order valence-corrected chi connectivity index (χ0v) is 9.27. The highest BCUT2D eigenvalue weighted by Crippen LogP contribution is 2.20. The number of aliphatic imine (C=N–C) groups is 1. The number of benzene rings is 1. The van der Waals surface area contributed by atoms with Gasteiger partial charge in [0.1, 0.15) is 5.04 Å². The van der Waals surface area contributed by atoms with Gasteiger partial charge in [-0.2, -0.15) is 0 Å². The van der Waals surface area contributed by atoms with E-state index in [-0.39, 0.29) is 0 Å². The summed E-state index contributed by atoms with van der Waals surface area (Å²) in [5.41, 5.74) is 3.37. The van der Waals surface area contributed by atoms with Crippen molar-refractivity contribution in [3.05, 3.63) is 29.6 Å². The van der Waals surface area contributed by atoms with Gasteiger partial charge in [-0.25, -0.2) is 4.98 Å². The molecule has 0 saturated heterocycles. The second kappa shape index (κ2) is 3.38. The fourth-order valence-corrected chi connectivity index (χ4v) is 2.50. The molecular formula is C11H11N3S. The predicted molar refractivity (Wildman–Crippen MR) is 64.7 cm³/mol. The van der Waals surface area contributed by atoms with Crippen molar-refractivity contribution >= 4 is 27.8 Å². The van der Waals surface area contributed by atoms with E-state index in [0.717, 1.165) is 34.2 Å². The van der Waals surface area contributed by atoms with Gasteiger partial charge >= 0.3 is 0 Å². The van der Waals surface area contributed by atoms with Crippen LogP contribution in [-0.4, -0.2) is 27.3 Å². The Morgan fingerprint density at radius 1 is 1.40 bits per heavy atom. The molecule has 3 rings (SSSR count). The number of aromatic amines is 1. The maximum absolute atomic E-state index is 4.53. The number of nitrogens with one attached hydrogen (secondary N) is 1. The number of nitrogens with zero attached hydrogens (tertiary/aromatic N) is 2. The van der Waals surface area contributed by atoms with Crippen LogP contribution >= 0.6 is 11.8 Å². The Morgan fingerprint density at radius 3 is 3.13 bits per heavy atom. The molecule has 15 heavy (non-hydrogen) atoms. The van der Waals surface area contributed by atoms with Crippen LogP contribution in [0.25, 0.3) is 11.0 Å². The molecule has 0 fully saturated rings. The molecule has 0 bridgehead atoms. The minimum atomic E-state index is 0.913. The summed E-state index contributed by atoms with van der Waals surface area (Å²) in [5, 5.41) is 1.05. The van der Waals surface area contributed by atoms with Gasteiger partial charge in [-0.1, -0.05) is 6.07 Å². The molecule has 1 aliphatic heterocycles. The molecule has 2 aromatic rings. The van der Waals surface area contributed by atoms with Crippen molar-refractivity contribution in [1.82, 2.24) is 9.97 Å². The third-order valence-corrected chi connectivity index (χ3v) is 3.41. The molecule has 0 aliphatic carbocycles. The average molecular weight is 217 g/mol. The van der Waals surface area contributed by atoms with Crippen molar-refractivity contribution in [2.75, 3.05) is 12.3 Å². The Bertz CT molecular complexity index is 542. The SMILES string of the molecule is Cc1ccc2nc(C3=NCCS3)[nH]c2c1. The third kappa shape index (κ3) is 1.55. The van der Waals surface area contributed by atoms with Gasteiger partial charge < -0.3 is 4.98 Å². The maximum atomic E-state index is 4.53. The summed E-state index contributed by atoms with van der Waals surface area (Å²) in [5.74, 6) is 1.99. The molecule has 0 amide bonds. The van der Waals surface area contributed by atoms with Crippen LogP contribution in [0.3, 0.4) is 0 Å². The number of hydrogen-bond acceptors (Lipinski definition) is 3. The molecule has 1 N–H and O–H groups in total. The molecule has 1 aliphatic rings. The van der Waals surface area contributed by atoms with Crippen LogP contribution in [0, 0.1) is 6.92 Å². The largest absolute Gasteiger partial charge is 0.336 e. The Kier molecular flexibility index (Phi) is 2.02. The smallest absolute Gasteiger partial charge is 0.163 e. The summed E-state index contributed by atoms with van der Waals surface area (Å²) in [4.78, 5) is 12.3. The van der Waals surface area contributed by atoms with E-state index in [1.165, 1.54) is 5.56 Å². The van der Waals surface area contributed by atoms with Crippen molar-refractivity contribution in [1.29, 1.82) is 0 Å². The van der Waals surface area contributed by atoms with Gasteiger partial charge in [0.15, 0.2) is 5.82 Å². The minimum absolute atomic E-state index is 0.913. The van der Waals surface area contributed by atoms with E-state index in [4.69, 9.17) is 0 Å². The first kappa shape index (κ1) is 8.97. The second-order valence-corrected chi connectivity index (χ2v) is 4.72. The topological polar surface area (TPSA) is 41.0 Å². The molecule has 0 spiro atoms. The Hall–Kier alpha value is -1.29. The van der Waals surface area contributed by atoms with Crippen molar-refractivity contribution in [2.45, 2.75) is 6.92 Å². The first-order valence-corrected chi connectivity index (χ1v) is 5.95. The third-order valence-electron chi connectivity index (χ3n) is 2.43. The Balaban J connectivity index is 2.13. The van der Waals surface area contributed by atoms with Crippen LogP contribution in [0.5, 0.6) is 0 Å². The van der Waals surface area contributed by atoms with Crippen LogP contribution in [0.15, 0.2) is 23.2 Å². The summed E-state index contributed by atoms with van der Waals surface area (Å²) >= 11 is 1.77. The highest BCUT2D eigenvalue weighted by Gasteiger charge is 2.13. The highest BCUT2D eigenvalue weighted by molar-refractivity contribution is 8.14. The van der Waals surface area contributed by atoms with E-state index >= 15 is 0 Å². The zero-order chi connectivity index (χ0) is 10.3. The van der Waals surface area contributed by atoms with E-state index in [0.29, 0.717) is 0 Å². The van der Waals surface area contributed by atoms with Crippen molar-refractivity contribution in [3.8, 4) is 0 Å². The molecule has 2 heterocycles. The van der Waals surface area contributed by atoms with Gasteiger partial charge in [0, 0.05) is 12.3 Å². The Labute approximate surface area is 92.0 Å². The number of rotatable bonds is 1. The number of aromatic nitrogens is 2. The lowest BCUT2D eigenvalue weighted by atomic mass is 10.2. The van der Waals surface area contributed by atoms with E-state index in [9.17, 15) is 0 Å². The van der Waals surface area contributed by atoms with Crippen molar-refractivity contribution in [3.63, 3.8) is 0 Å². The van der Waals surface area contributed by atoms with Gasteiger partial charge in [0.2, 0.25) is 0 Å². The van der Waals surface area contributed by atoms with Crippen molar-refractivity contribution < 1.29 is 0 Å². The number of imidazole rings is 1. The molecule has 0 saturated carbocycles. The van der Waals surface area contributed by atoms with Crippen LogP contribution in [0.1, 0.15) is 11.4 Å². The molecule has 0 radical (unpaired) electrons. The van der Waals surface area contributed by atoms with Gasteiger partial charge in [0.05, 0.1) is 11.0 Å². The summed E-state index contributed by atoms with van der Waals surface area (Å²) in [6.45, 7) is 3.00. The fraction of sp³-hybridized carbons (Fsp3) is 0.273. The molecule has 76 valence electrons. The zero-order valence-electron chi connectivity index (χ0n) is 8.45. The quantitative estimate of drug-likeness (QED) is 0.796. The molecule has 0 unspecified atom stereocenters. The van der Waals surface area contributed by atoms with E-state index in [2.05, 4.69) is 34.0 Å². The highest BCUT2D eigenvalue weighted by atomic mass is 32.2. The molecule has 4 heteroatoms. The first-order chi connectivity index (χ1) is 7.33. The second-order valence-electron chi connectivity index (χ2n) is 3.64. The first-order valence-electron chi connectivity index (χ1n) is 4.97. The van der Waals surface area contributed by atoms with Gasteiger partial charge in [0.25, 0.3) is 0 Å². The number of H-pyrrole nitrogens is 1. The van der Waals surface area contributed by atoms with E-state index in [1.807, 2.05) is 6.07 Å². The number of aryl methyl sites for hydroxylation is 1. The molecule has 3 nitrogen and oxygen atoms in total. The maximum Gasteiger partial charge on any atom is 0.163 e. The molecule has 0 atom stereocenters. The summed E-state index contributed by atoms with van der Waals surface area (Å²) in [7, 11) is 0. The van der Waals surface area contributed by atoms with E-state index < -0.39 is 0 Å². The van der Waals surface area contributed by atoms with Crippen molar-refractivity contribution in [2.24, 2.45) is 4.99 Å². The molecule has 1 aromatic carbocycles. The monoisotopic (exact) mass is 217 g/mol. The van der Waals surface area contributed by atoms with Gasteiger partial charge in [-0.05, 0) is 24.6 Å². The average Bonchev–Trinajstić information content (AvgIpc) is 2.84. The summed E-state index contributed by atoms with van der Waals surface area (Å²) in [6, 6.07) is 6.24. The normalized spacial score (nSPS) is 15.9. The van der Waals surface area contributed by atoms with Crippen LogP contribution in [-0.2, 0) is 0 Å². The lowest BCUT2D eigenvalue weighted by Gasteiger charge is -1.90. The minimum Gasteiger partial charge on any atom is -0.336 e. The lowest BCUT2D eigenvalue weighted by molar-refractivity contribution is 1.16. The molecule has 1 aromatic heterocycles. The molecular weight excluding hydrogens is 206 g/mol. The number of hydrogen-bond donors (Lipinski definition) is 1. The summed E-state index contributed by atoms with van der Waals surface area (Å²) < 4.78 is 0. The summed E-state index contributed by atoms with van der Waals surface area (Å²) in [6.07, 6.45) is 0. The van der Waals surface area contributed by atoms with Crippen LogP contribution < -0.4 is 0 Å². The fourth-order valence-electron chi connectivity index (χ4n) is 1.70. The standard InChI is InChI=1S/C11H11N3S/c1-7-2-3-8-9(6-7)14-10(13-8)11-12-4-5-15-11/h2-3,6H,4-5H2,1H3,(H,13,14). The van der Waals surface area contributed by atoms with Gasteiger partial charge in [-0.3, -0.25) is 4.99 Å².